The lowest BCUT2D eigenvalue weighted by Gasteiger charge is -2.29. The molecule has 0 amide bonds. The zero-order valence-electron chi connectivity index (χ0n) is 12.5. The molecule has 1 aromatic rings. The highest BCUT2D eigenvalue weighted by Crippen LogP contribution is 2.28. The summed E-state index contributed by atoms with van der Waals surface area (Å²) in [5.41, 5.74) is 1.04. The van der Waals surface area contributed by atoms with Crippen LogP contribution in [0.2, 0.25) is 0 Å². The summed E-state index contributed by atoms with van der Waals surface area (Å²) in [6.45, 7) is 1.94. The van der Waals surface area contributed by atoms with E-state index in [-0.39, 0.29) is 6.04 Å². The average Bonchev–Trinajstić information content (AvgIpc) is 2.48. The van der Waals surface area contributed by atoms with E-state index in [9.17, 15) is 8.42 Å². The maximum absolute atomic E-state index is 12.5. The lowest BCUT2D eigenvalue weighted by atomic mass is 9.83. The summed E-state index contributed by atoms with van der Waals surface area (Å²) in [5, 5.41) is 0. The smallest absolute Gasteiger partial charge is 0.207 e. The summed E-state index contributed by atoms with van der Waals surface area (Å²) >= 11 is 0. The molecule has 1 fully saturated rings. The first-order chi connectivity index (χ1) is 10.0. The van der Waals surface area contributed by atoms with E-state index >= 15 is 0 Å². The predicted molar refractivity (Wildman–Crippen MR) is 85.3 cm³/mol. The number of nitrogens with one attached hydrogen (secondary N) is 1. The number of hydrogen-bond donors (Lipinski definition) is 1. The first-order valence-electron chi connectivity index (χ1n) is 7.55. The average molecular weight is 305 g/mol. The lowest BCUT2D eigenvalue weighted by Crippen LogP contribution is -2.40. The molecular formula is C17H23NO2S. The van der Waals surface area contributed by atoms with Gasteiger partial charge in [-0.25, -0.2) is 13.1 Å². The molecule has 1 aromatic carbocycles. The monoisotopic (exact) mass is 305 g/mol. The molecule has 2 rings (SSSR count). The SMILES string of the molecule is C#CC[C@@H](NS(=O)(=O)c1ccc(C)cc1)C1CCCCC1. The fourth-order valence-electron chi connectivity index (χ4n) is 2.95. The quantitative estimate of drug-likeness (QED) is 0.849. The Hall–Kier alpha value is -1.31. The van der Waals surface area contributed by atoms with Crippen molar-refractivity contribution in [3.8, 4) is 12.3 Å². The molecule has 114 valence electrons. The van der Waals surface area contributed by atoms with Crippen LogP contribution in [0.25, 0.3) is 0 Å². The van der Waals surface area contributed by atoms with Gasteiger partial charge in [-0.15, -0.1) is 12.3 Å². The Morgan fingerprint density at radius 2 is 1.86 bits per heavy atom. The minimum Gasteiger partial charge on any atom is -0.207 e. The molecule has 4 heteroatoms. The Labute approximate surface area is 128 Å². The van der Waals surface area contributed by atoms with Crippen LogP contribution in [0.1, 0.15) is 44.1 Å². The molecule has 1 atom stereocenters. The van der Waals surface area contributed by atoms with Crippen LogP contribution >= 0.6 is 0 Å². The third-order valence-corrected chi connectivity index (χ3v) is 5.70. The van der Waals surface area contributed by atoms with Crippen molar-refractivity contribution < 1.29 is 8.42 Å². The summed E-state index contributed by atoms with van der Waals surface area (Å²) in [6.07, 6.45) is 11.6. The molecule has 0 bridgehead atoms. The summed E-state index contributed by atoms with van der Waals surface area (Å²) in [4.78, 5) is 0.311. The van der Waals surface area contributed by atoms with E-state index in [0.29, 0.717) is 17.2 Å². The molecule has 1 aliphatic carbocycles. The van der Waals surface area contributed by atoms with E-state index in [0.717, 1.165) is 31.2 Å². The van der Waals surface area contributed by atoms with Gasteiger partial charge in [0.25, 0.3) is 0 Å². The fraction of sp³-hybridized carbons (Fsp3) is 0.529. The summed E-state index contributed by atoms with van der Waals surface area (Å²) in [7, 11) is -3.49. The van der Waals surface area contributed by atoms with E-state index in [1.807, 2.05) is 19.1 Å². The number of sulfonamides is 1. The van der Waals surface area contributed by atoms with E-state index in [1.54, 1.807) is 12.1 Å². The molecule has 0 saturated heterocycles. The van der Waals surface area contributed by atoms with Gasteiger partial charge in [-0.1, -0.05) is 37.0 Å². The highest BCUT2D eigenvalue weighted by Gasteiger charge is 2.27. The number of hydrogen-bond acceptors (Lipinski definition) is 2. The van der Waals surface area contributed by atoms with Crippen LogP contribution in [-0.2, 0) is 10.0 Å². The standard InChI is InChI=1S/C17H23NO2S/c1-3-7-17(15-8-5-4-6-9-15)18-21(19,20)16-12-10-14(2)11-13-16/h1,10-13,15,17-18H,4-9H2,2H3/t17-/m1/s1. The van der Waals surface area contributed by atoms with Crippen LogP contribution < -0.4 is 4.72 Å². The second-order valence-electron chi connectivity index (χ2n) is 5.85. The van der Waals surface area contributed by atoms with Gasteiger partial charge >= 0.3 is 0 Å². The van der Waals surface area contributed by atoms with Crippen LogP contribution in [0.4, 0.5) is 0 Å². The molecule has 1 N–H and O–H groups in total. The van der Waals surface area contributed by atoms with E-state index in [4.69, 9.17) is 6.42 Å². The highest BCUT2D eigenvalue weighted by atomic mass is 32.2. The molecular weight excluding hydrogens is 282 g/mol. The minimum atomic E-state index is -3.49. The maximum atomic E-state index is 12.5. The Kier molecular flexibility index (Phi) is 5.44. The van der Waals surface area contributed by atoms with Gasteiger partial charge in [0.1, 0.15) is 0 Å². The van der Waals surface area contributed by atoms with Crippen molar-refractivity contribution in [1.82, 2.24) is 4.72 Å². The number of aryl methyl sites for hydroxylation is 1. The summed E-state index contributed by atoms with van der Waals surface area (Å²) in [6, 6.07) is 6.76. The fourth-order valence-corrected chi connectivity index (χ4v) is 4.26. The normalized spacial score (nSPS) is 18.1. The number of rotatable bonds is 5. The molecule has 0 aromatic heterocycles. The predicted octanol–water partition coefficient (Wildman–Crippen LogP) is 3.25. The van der Waals surface area contributed by atoms with Gasteiger partial charge in [0.15, 0.2) is 0 Å². The zero-order valence-corrected chi connectivity index (χ0v) is 13.3. The molecule has 0 unspecified atom stereocenters. The van der Waals surface area contributed by atoms with Crippen LogP contribution in [0, 0.1) is 25.2 Å². The third kappa shape index (κ3) is 4.33. The molecule has 21 heavy (non-hydrogen) atoms. The van der Waals surface area contributed by atoms with Crippen molar-refractivity contribution in [2.45, 2.75) is 56.4 Å². The Morgan fingerprint density at radius 1 is 1.24 bits per heavy atom. The second-order valence-corrected chi connectivity index (χ2v) is 7.56. The van der Waals surface area contributed by atoms with Gasteiger partial charge in [-0.3, -0.25) is 0 Å². The van der Waals surface area contributed by atoms with Crippen molar-refractivity contribution in [3.63, 3.8) is 0 Å². The van der Waals surface area contributed by atoms with Crippen molar-refractivity contribution in [3.05, 3.63) is 29.8 Å². The van der Waals surface area contributed by atoms with E-state index < -0.39 is 10.0 Å². The van der Waals surface area contributed by atoms with Crippen LogP contribution in [0.3, 0.4) is 0 Å². The van der Waals surface area contributed by atoms with E-state index in [2.05, 4.69) is 10.6 Å². The first-order valence-corrected chi connectivity index (χ1v) is 9.04. The van der Waals surface area contributed by atoms with Gasteiger partial charge < -0.3 is 0 Å². The van der Waals surface area contributed by atoms with Crippen LogP contribution in [0.15, 0.2) is 29.2 Å². The first kappa shape index (κ1) is 16.1. The van der Waals surface area contributed by atoms with Crippen LogP contribution in [-0.4, -0.2) is 14.5 Å². The van der Waals surface area contributed by atoms with Crippen molar-refractivity contribution in [2.24, 2.45) is 5.92 Å². The topological polar surface area (TPSA) is 46.2 Å². The van der Waals surface area contributed by atoms with Gasteiger partial charge in [-0.2, -0.15) is 0 Å². The van der Waals surface area contributed by atoms with Gasteiger partial charge in [0, 0.05) is 12.5 Å². The maximum Gasteiger partial charge on any atom is 0.240 e. The van der Waals surface area contributed by atoms with Gasteiger partial charge in [-0.05, 0) is 37.8 Å². The van der Waals surface area contributed by atoms with E-state index in [1.165, 1.54) is 6.42 Å². The molecule has 0 radical (unpaired) electrons. The van der Waals surface area contributed by atoms with Gasteiger partial charge in [0.05, 0.1) is 4.90 Å². The number of terminal acetylenes is 1. The van der Waals surface area contributed by atoms with Crippen LogP contribution in [0.5, 0.6) is 0 Å². The largest absolute Gasteiger partial charge is 0.240 e. The molecule has 1 saturated carbocycles. The van der Waals surface area contributed by atoms with Crippen molar-refractivity contribution >= 4 is 10.0 Å². The second kappa shape index (κ2) is 7.11. The van der Waals surface area contributed by atoms with Crippen molar-refractivity contribution in [1.29, 1.82) is 0 Å². The molecule has 3 nitrogen and oxygen atoms in total. The van der Waals surface area contributed by atoms with Gasteiger partial charge in [0.2, 0.25) is 10.0 Å². The highest BCUT2D eigenvalue weighted by molar-refractivity contribution is 7.89. The Bertz CT molecular complexity index is 593. The van der Waals surface area contributed by atoms with Crippen molar-refractivity contribution in [2.75, 3.05) is 0 Å². The third-order valence-electron chi connectivity index (χ3n) is 4.19. The molecule has 1 aliphatic rings. The molecule has 0 aliphatic heterocycles. The zero-order chi connectivity index (χ0) is 15.3. The lowest BCUT2D eigenvalue weighted by molar-refractivity contribution is 0.293. The summed E-state index contributed by atoms with van der Waals surface area (Å²) in [5.74, 6) is 2.98. The number of benzene rings is 1. The molecule has 0 spiro atoms. The molecule has 0 heterocycles. The summed E-state index contributed by atoms with van der Waals surface area (Å²) < 4.78 is 27.8. The Morgan fingerprint density at radius 3 is 2.43 bits per heavy atom. The Balaban J connectivity index is 2.14. The minimum absolute atomic E-state index is 0.151.